The van der Waals surface area contributed by atoms with Crippen molar-refractivity contribution in [2.75, 3.05) is 36.4 Å². The lowest BCUT2D eigenvalue weighted by molar-refractivity contribution is -0.114. The highest BCUT2D eigenvalue weighted by Crippen LogP contribution is 2.24. The first-order valence-electron chi connectivity index (χ1n) is 9.52. The summed E-state index contributed by atoms with van der Waals surface area (Å²) < 4.78 is 12.9. The van der Waals surface area contributed by atoms with E-state index in [9.17, 15) is 9.18 Å². The molecule has 1 aliphatic heterocycles. The molecule has 0 unspecified atom stereocenters. The normalized spacial score (nSPS) is 15.4. The summed E-state index contributed by atoms with van der Waals surface area (Å²) in [7, 11) is 0. The molecule has 6 nitrogen and oxygen atoms in total. The number of benzene rings is 1. The average Bonchev–Trinajstić information content (AvgIpc) is 3.23. The van der Waals surface area contributed by atoms with E-state index in [4.69, 9.17) is 0 Å². The molecule has 0 aliphatic carbocycles. The first-order valence-corrected chi connectivity index (χ1v) is 10.4. The van der Waals surface area contributed by atoms with Gasteiger partial charge in [0.25, 0.3) is 0 Å². The molecular weight excluding hydrogens is 377 g/mol. The summed E-state index contributed by atoms with van der Waals surface area (Å²) in [6.07, 6.45) is 2.04. The summed E-state index contributed by atoms with van der Waals surface area (Å²) >= 11 is 1.77. The second-order valence-electron chi connectivity index (χ2n) is 6.61. The maximum absolute atomic E-state index is 12.9. The number of hydrogen-bond donors (Lipinski definition) is 3. The first-order chi connectivity index (χ1) is 13.6. The van der Waals surface area contributed by atoms with Gasteiger partial charge in [0.1, 0.15) is 12.4 Å². The minimum atomic E-state index is -0.334. The number of anilines is 2. The number of carbonyl (C=O) groups excluding carboxylic acids is 1. The van der Waals surface area contributed by atoms with Crippen LogP contribution in [-0.4, -0.2) is 44.1 Å². The fourth-order valence-corrected chi connectivity index (χ4v) is 3.88. The van der Waals surface area contributed by atoms with Crippen LogP contribution in [-0.2, 0) is 4.79 Å². The van der Waals surface area contributed by atoms with Crippen LogP contribution in [0.3, 0.4) is 0 Å². The monoisotopic (exact) mass is 403 g/mol. The Kier molecular flexibility index (Phi) is 7.25. The van der Waals surface area contributed by atoms with Crippen LogP contribution in [0.2, 0.25) is 0 Å². The predicted molar refractivity (Wildman–Crippen MR) is 114 cm³/mol. The Morgan fingerprint density at radius 1 is 1.25 bits per heavy atom. The maximum Gasteiger partial charge on any atom is 0.246 e. The van der Waals surface area contributed by atoms with Gasteiger partial charge in [0.2, 0.25) is 5.91 Å². The van der Waals surface area contributed by atoms with Crippen molar-refractivity contribution >= 4 is 33.9 Å². The summed E-state index contributed by atoms with van der Waals surface area (Å²) in [5, 5.41) is 12.8. The number of rotatable bonds is 6. The van der Waals surface area contributed by atoms with E-state index in [-0.39, 0.29) is 18.3 Å². The van der Waals surface area contributed by atoms with Crippen molar-refractivity contribution in [1.82, 2.24) is 10.6 Å². The third-order valence-corrected chi connectivity index (χ3v) is 5.44. The largest absolute Gasteiger partial charge is 0.363 e. The molecule has 0 spiro atoms. The lowest BCUT2D eigenvalue weighted by Gasteiger charge is -2.33. The van der Waals surface area contributed by atoms with Gasteiger partial charge in [0.15, 0.2) is 5.96 Å². The first kappa shape index (κ1) is 20.1. The van der Waals surface area contributed by atoms with E-state index in [0.29, 0.717) is 17.7 Å². The zero-order chi connectivity index (χ0) is 19.8. The molecule has 1 fully saturated rings. The Morgan fingerprint density at radius 3 is 2.64 bits per heavy atom. The molecule has 150 valence electrons. The molecule has 0 radical (unpaired) electrons. The fraction of sp³-hybridized carbons (Fsp3) is 0.400. The molecule has 1 aliphatic rings. The number of aliphatic imine (C=N–C) groups is 1. The van der Waals surface area contributed by atoms with Crippen molar-refractivity contribution in [3.05, 3.63) is 47.6 Å². The van der Waals surface area contributed by atoms with Gasteiger partial charge in [-0.15, -0.1) is 11.3 Å². The van der Waals surface area contributed by atoms with Crippen molar-refractivity contribution in [2.45, 2.75) is 25.8 Å². The molecule has 3 rings (SSSR count). The molecule has 1 aromatic carbocycles. The van der Waals surface area contributed by atoms with E-state index in [1.165, 1.54) is 29.3 Å². The Morgan fingerprint density at radius 2 is 2.00 bits per heavy atom. The number of nitrogens with one attached hydrogen (secondary N) is 3. The maximum atomic E-state index is 12.9. The van der Waals surface area contributed by atoms with E-state index in [1.807, 2.05) is 6.92 Å². The average molecular weight is 404 g/mol. The Hall–Kier alpha value is -2.61. The number of carbonyl (C=O) groups is 1. The molecule has 2 aromatic rings. The zero-order valence-electron chi connectivity index (χ0n) is 16.0. The molecule has 2 heterocycles. The van der Waals surface area contributed by atoms with E-state index < -0.39 is 0 Å². The van der Waals surface area contributed by atoms with Gasteiger partial charge in [-0.2, -0.15) is 0 Å². The van der Waals surface area contributed by atoms with Crippen LogP contribution >= 0.6 is 11.3 Å². The summed E-state index contributed by atoms with van der Waals surface area (Å²) in [5.74, 6) is 0.0717. The van der Waals surface area contributed by atoms with Crippen molar-refractivity contribution in [2.24, 2.45) is 4.99 Å². The van der Waals surface area contributed by atoms with Crippen molar-refractivity contribution in [3.8, 4) is 0 Å². The van der Waals surface area contributed by atoms with E-state index in [1.54, 1.807) is 11.3 Å². The van der Waals surface area contributed by atoms with Gasteiger partial charge in [0.05, 0.1) is 5.00 Å². The fourth-order valence-electron chi connectivity index (χ4n) is 3.09. The lowest BCUT2D eigenvalue weighted by atomic mass is 10.1. The lowest BCUT2D eigenvalue weighted by Crippen LogP contribution is -2.48. The van der Waals surface area contributed by atoms with Gasteiger partial charge in [0, 0.05) is 31.4 Å². The number of hydrogen-bond acceptors (Lipinski definition) is 4. The number of guanidine groups is 1. The summed E-state index contributed by atoms with van der Waals surface area (Å²) in [4.78, 5) is 18.9. The smallest absolute Gasteiger partial charge is 0.246 e. The number of nitrogens with zero attached hydrogens (tertiary/aromatic N) is 2. The van der Waals surface area contributed by atoms with E-state index in [0.717, 1.165) is 32.5 Å². The molecule has 1 aromatic heterocycles. The number of thiophene rings is 1. The van der Waals surface area contributed by atoms with Crippen molar-refractivity contribution < 1.29 is 9.18 Å². The minimum absolute atomic E-state index is 0.000744. The van der Waals surface area contributed by atoms with Crippen LogP contribution in [0.5, 0.6) is 0 Å². The molecule has 1 saturated heterocycles. The number of amides is 1. The predicted octanol–water partition coefficient (Wildman–Crippen LogP) is 3.05. The second-order valence-corrected chi connectivity index (χ2v) is 7.53. The molecule has 0 bridgehead atoms. The van der Waals surface area contributed by atoms with Crippen LogP contribution in [0.4, 0.5) is 15.1 Å². The topological polar surface area (TPSA) is 68.8 Å². The van der Waals surface area contributed by atoms with Crippen molar-refractivity contribution in [3.63, 3.8) is 0 Å². The molecule has 28 heavy (non-hydrogen) atoms. The minimum Gasteiger partial charge on any atom is -0.363 e. The van der Waals surface area contributed by atoms with Gasteiger partial charge in [-0.3, -0.25) is 4.79 Å². The molecule has 1 amide bonds. The highest BCUT2D eigenvalue weighted by Gasteiger charge is 2.20. The van der Waals surface area contributed by atoms with Crippen molar-refractivity contribution in [1.29, 1.82) is 0 Å². The van der Waals surface area contributed by atoms with Crippen LogP contribution in [0.1, 0.15) is 19.8 Å². The third-order valence-electron chi connectivity index (χ3n) is 4.51. The second kappa shape index (κ2) is 10.1. The van der Waals surface area contributed by atoms with Crippen LogP contribution in [0, 0.1) is 5.82 Å². The molecule has 8 heteroatoms. The zero-order valence-corrected chi connectivity index (χ0v) is 16.8. The van der Waals surface area contributed by atoms with Gasteiger partial charge in [-0.25, -0.2) is 9.38 Å². The van der Waals surface area contributed by atoms with E-state index in [2.05, 4.69) is 43.4 Å². The standard InChI is InChI=1S/C20H26FN5OS/c1-2-22-20(23-14-18(27)24-16-7-5-15(21)6-8-16)25-17-9-11-26(12-10-17)19-4-3-13-28-19/h3-8,13,17H,2,9-12,14H2,1H3,(H,24,27)(H2,22,23,25). The SMILES string of the molecule is CCNC(=NCC(=O)Nc1ccc(F)cc1)NC1CCN(c2cccs2)CC1. The van der Waals surface area contributed by atoms with Crippen LogP contribution < -0.4 is 20.9 Å². The summed E-state index contributed by atoms with van der Waals surface area (Å²) in [6.45, 7) is 4.72. The quantitative estimate of drug-likeness (QED) is 0.512. The molecule has 3 N–H and O–H groups in total. The van der Waals surface area contributed by atoms with Gasteiger partial charge < -0.3 is 20.9 Å². The highest BCUT2D eigenvalue weighted by molar-refractivity contribution is 7.14. The number of halogens is 1. The Balaban J connectivity index is 1.48. The molecule has 0 saturated carbocycles. The number of piperidine rings is 1. The molecular formula is C20H26FN5OS. The molecule has 0 atom stereocenters. The van der Waals surface area contributed by atoms with E-state index >= 15 is 0 Å². The Labute approximate surface area is 168 Å². The van der Waals surface area contributed by atoms with Crippen LogP contribution in [0.15, 0.2) is 46.8 Å². The van der Waals surface area contributed by atoms with Gasteiger partial charge >= 0.3 is 0 Å². The van der Waals surface area contributed by atoms with Gasteiger partial charge in [-0.05, 0) is 61.5 Å². The van der Waals surface area contributed by atoms with Crippen LogP contribution in [0.25, 0.3) is 0 Å². The summed E-state index contributed by atoms with van der Waals surface area (Å²) in [5.41, 5.74) is 0.556. The van der Waals surface area contributed by atoms with Gasteiger partial charge in [-0.1, -0.05) is 0 Å². The Bertz CT molecular complexity index is 770. The highest BCUT2D eigenvalue weighted by atomic mass is 32.1. The summed E-state index contributed by atoms with van der Waals surface area (Å²) in [6, 6.07) is 10.2. The third kappa shape index (κ3) is 5.95.